The van der Waals surface area contributed by atoms with Crippen molar-refractivity contribution in [3.63, 3.8) is 0 Å². The molecule has 0 aromatic heterocycles. The molecule has 21 heavy (non-hydrogen) atoms. The number of hydrogen-bond donors (Lipinski definition) is 2. The van der Waals surface area contributed by atoms with Crippen LogP contribution >= 0.6 is 0 Å². The standard InChI is InChI=1S/C16H21NO4/c1-10-7-8-14(21-2)13(9-10)17-15(18)11-5-3-4-6-12(11)16(19)20/h7-9,11-12H,3-6H2,1-2H3,(H,17,18)(H,19,20)/t11-,12+/m0/s1. The van der Waals surface area contributed by atoms with E-state index in [1.807, 2.05) is 19.1 Å². The molecule has 2 atom stereocenters. The smallest absolute Gasteiger partial charge is 0.307 e. The van der Waals surface area contributed by atoms with E-state index in [-0.39, 0.29) is 5.91 Å². The largest absolute Gasteiger partial charge is 0.495 e. The summed E-state index contributed by atoms with van der Waals surface area (Å²) in [7, 11) is 1.54. The van der Waals surface area contributed by atoms with Gasteiger partial charge in [0, 0.05) is 0 Å². The lowest BCUT2D eigenvalue weighted by atomic mass is 9.78. The number of carboxylic acids is 1. The topological polar surface area (TPSA) is 75.6 Å². The van der Waals surface area contributed by atoms with E-state index in [4.69, 9.17) is 4.74 Å². The van der Waals surface area contributed by atoms with Gasteiger partial charge in [-0.05, 0) is 37.5 Å². The first-order chi connectivity index (χ1) is 10.0. The summed E-state index contributed by atoms with van der Waals surface area (Å²) in [6.07, 6.45) is 2.95. The van der Waals surface area contributed by atoms with E-state index in [1.165, 1.54) is 0 Å². The predicted octanol–water partition coefficient (Wildman–Crippen LogP) is 2.83. The zero-order valence-electron chi connectivity index (χ0n) is 12.4. The van der Waals surface area contributed by atoms with Gasteiger partial charge < -0.3 is 15.2 Å². The number of amides is 1. The summed E-state index contributed by atoms with van der Waals surface area (Å²) in [5.41, 5.74) is 1.60. The number of methoxy groups -OCH3 is 1. The van der Waals surface area contributed by atoms with Gasteiger partial charge in [0.2, 0.25) is 5.91 Å². The van der Waals surface area contributed by atoms with Crippen LogP contribution in [0.1, 0.15) is 31.2 Å². The molecule has 0 unspecified atom stereocenters. The fourth-order valence-corrected chi connectivity index (χ4v) is 2.89. The Kier molecular flexibility index (Phi) is 4.83. The summed E-state index contributed by atoms with van der Waals surface area (Å²) in [6.45, 7) is 1.93. The van der Waals surface area contributed by atoms with E-state index in [1.54, 1.807) is 13.2 Å². The van der Waals surface area contributed by atoms with E-state index >= 15 is 0 Å². The number of rotatable bonds is 4. The Morgan fingerprint density at radius 3 is 2.52 bits per heavy atom. The number of hydrogen-bond acceptors (Lipinski definition) is 3. The number of carboxylic acid groups (broad SMARTS) is 1. The number of carbonyl (C=O) groups is 2. The van der Waals surface area contributed by atoms with Crippen molar-refractivity contribution in [2.45, 2.75) is 32.6 Å². The number of anilines is 1. The van der Waals surface area contributed by atoms with Crippen molar-refractivity contribution < 1.29 is 19.4 Å². The van der Waals surface area contributed by atoms with Crippen LogP contribution in [0.3, 0.4) is 0 Å². The summed E-state index contributed by atoms with van der Waals surface area (Å²) in [4.78, 5) is 23.7. The molecule has 0 aliphatic heterocycles. The minimum atomic E-state index is -0.883. The van der Waals surface area contributed by atoms with Crippen molar-refractivity contribution in [3.05, 3.63) is 23.8 Å². The van der Waals surface area contributed by atoms with E-state index in [0.717, 1.165) is 18.4 Å². The third kappa shape index (κ3) is 3.54. The number of aryl methyl sites for hydroxylation is 1. The second-order valence-corrected chi connectivity index (χ2v) is 5.53. The van der Waals surface area contributed by atoms with Crippen molar-refractivity contribution >= 4 is 17.6 Å². The number of ether oxygens (including phenoxy) is 1. The van der Waals surface area contributed by atoms with Crippen LogP contribution in [0, 0.1) is 18.8 Å². The molecule has 0 bridgehead atoms. The molecule has 1 fully saturated rings. The Bertz CT molecular complexity index is 541. The normalized spacial score (nSPS) is 21.6. The van der Waals surface area contributed by atoms with E-state index in [0.29, 0.717) is 24.3 Å². The number of carbonyl (C=O) groups excluding carboxylic acids is 1. The van der Waals surface area contributed by atoms with Gasteiger partial charge in [-0.25, -0.2) is 0 Å². The van der Waals surface area contributed by atoms with Crippen molar-refractivity contribution in [1.29, 1.82) is 0 Å². The van der Waals surface area contributed by atoms with Crippen LogP contribution in [0.25, 0.3) is 0 Å². The molecule has 5 heteroatoms. The number of benzene rings is 1. The Hall–Kier alpha value is -2.04. The van der Waals surface area contributed by atoms with Crippen molar-refractivity contribution in [2.75, 3.05) is 12.4 Å². The summed E-state index contributed by atoms with van der Waals surface area (Å²) < 4.78 is 5.23. The molecule has 114 valence electrons. The summed E-state index contributed by atoms with van der Waals surface area (Å²) >= 11 is 0. The lowest BCUT2D eigenvalue weighted by Crippen LogP contribution is -2.36. The highest BCUT2D eigenvalue weighted by Gasteiger charge is 2.35. The minimum absolute atomic E-state index is 0.231. The second-order valence-electron chi connectivity index (χ2n) is 5.53. The minimum Gasteiger partial charge on any atom is -0.495 e. The zero-order valence-corrected chi connectivity index (χ0v) is 12.4. The summed E-state index contributed by atoms with van der Waals surface area (Å²) in [6, 6.07) is 5.52. The summed E-state index contributed by atoms with van der Waals surface area (Å²) in [5, 5.41) is 12.1. The Morgan fingerprint density at radius 1 is 1.24 bits per heavy atom. The number of aliphatic carboxylic acids is 1. The van der Waals surface area contributed by atoms with Gasteiger partial charge in [-0.3, -0.25) is 9.59 Å². The maximum Gasteiger partial charge on any atom is 0.307 e. The van der Waals surface area contributed by atoms with Gasteiger partial charge in [-0.2, -0.15) is 0 Å². The Labute approximate surface area is 124 Å². The van der Waals surface area contributed by atoms with Crippen LogP contribution in [-0.4, -0.2) is 24.1 Å². The molecule has 2 rings (SSSR count). The average Bonchev–Trinajstić information content (AvgIpc) is 2.47. The maximum absolute atomic E-state index is 12.4. The van der Waals surface area contributed by atoms with E-state index in [2.05, 4.69) is 5.32 Å². The molecule has 2 N–H and O–H groups in total. The van der Waals surface area contributed by atoms with Crippen LogP contribution in [0.15, 0.2) is 18.2 Å². The van der Waals surface area contributed by atoms with Crippen LogP contribution in [0.5, 0.6) is 5.75 Å². The lowest BCUT2D eigenvalue weighted by Gasteiger charge is -2.27. The molecule has 0 spiro atoms. The lowest BCUT2D eigenvalue weighted by molar-refractivity contribution is -0.147. The fraction of sp³-hybridized carbons (Fsp3) is 0.500. The van der Waals surface area contributed by atoms with Crippen LogP contribution < -0.4 is 10.1 Å². The molecule has 1 aliphatic rings. The highest BCUT2D eigenvalue weighted by molar-refractivity contribution is 5.96. The zero-order chi connectivity index (χ0) is 15.4. The first-order valence-corrected chi connectivity index (χ1v) is 7.21. The van der Waals surface area contributed by atoms with Crippen molar-refractivity contribution in [3.8, 4) is 5.75 Å². The molecular formula is C16H21NO4. The maximum atomic E-state index is 12.4. The molecule has 1 aromatic rings. The predicted molar refractivity (Wildman–Crippen MR) is 79.4 cm³/mol. The molecule has 1 aromatic carbocycles. The van der Waals surface area contributed by atoms with Gasteiger partial charge >= 0.3 is 5.97 Å². The first kappa shape index (κ1) is 15.4. The summed E-state index contributed by atoms with van der Waals surface area (Å²) in [5.74, 6) is -1.59. The second kappa shape index (κ2) is 6.61. The Balaban J connectivity index is 2.16. The van der Waals surface area contributed by atoms with Crippen LogP contribution in [0.4, 0.5) is 5.69 Å². The SMILES string of the molecule is COc1ccc(C)cc1NC(=O)[C@H]1CCCC[C@H]1C(=O)O. The van der Waals surface area contributed by atoms with Gasteiger partial charge in [0.15, 0.2) is 0 Å². The molecule has 1 saturated carbocycles. The molecule has 1 aliphatic carbocycles. The van der Waals surface area contributed by atoms with Crippen molar-refractivity contribution in [1.82, 2.24) is 0 Å². The third-order valence-corrected chi connectivity index (χ3v) is 4.03. The van der Waals surface area contributed by atoms with E-state index < -0.39 is 17.8 Å². The first-order valence-electron chi connectivity index (χ1n) is 7.21. The van der Waals surface area contributed by atoms with Gasteiger partial charge in [0.25, 0.3) is 0 Å². The average molecular weight is 291 g/mol. The molecule has 0 heterocycles. The van der Waals surface area contributed by atoms with Crippen molar-refractivity contribution in [2.24, 2.45) is 11.8 Å². The quantitative estimate of drug-likeness (QED) is 0.894. The van der Waals surface area contributed by atoms with E-state index in [9.17, 15) is 14.7 Å². The third-order valence-electron chi connectivity index (χ3n) is 4.03. The molecule has 0 radical (unpaired) electrons. The van der Waals surface area contributed by atoms with Gasteiger partial charge in [-0.1, -0.05) is 18.9 Å². The van der Waals surface area contributed by atoms with Gasteiger partial charge in [0.05, 0.1) is 24.6 Å². The van der Waals surface area contributed by atoms with Gasteiger partial charge in [0.1, 0.15) is 5.75 Å². The van der Waals surface area contributed by atoms with Gasteiger partial charge in [-0.15, -0.1) is 0 Å². The number of nitrogens with one attached hydrogen (secondary N) is 1. The highest BCUT2D eigenvalue weighted by Crippen LogP contribution is 2.33. The molecule has 5 nitrogen and oxygen atoms in total. The molecule has 1 amide bonds. The van der Waals surface area contributed by atoms with Crippen LogP contribution in [-0.2, 0) is 9.59 Å². The van der Waals surface area contributed by atoms with Crippen LogP contribution in [0.2, 0.25) is 0 Å². The monoisotopic (exact) mass is 291 g/mol. The molecule has 0 saturated heterocycles. The molecular weight excluding hydrogens is 270 g/mol. The fourth-order valence-electron chi connectivity index (χ4n) is 2.89. The highest BCUT2D eigenvalue weighted by atomic mass is 16.5. The Morgan fingerprint density at radius 2 is 1.90 bits per heavy atom.